The predicted octanol–water partition coefficient (Wildman–Crippen LogP) is 6.62. The van der Waals surface area contributed by atoms with Gasteiger partial charge in [-0.25, -0.2) is 18.7 Å². The Balaban J connectivity index is 1.11. The summed E-state index contributed by atoms with van der Waals surface area (Å²) in [4.78, 5) is 29.4. The quantitative estimate of drug-likeness (QED) is 0.239. The van der Waals surface area contributed by atoms with Gasteiger partial charge in [0.05, 0.1) is 18.2 Å². The van der Waals surface area contributed by atoms with Crippen molar-refractivity contribution in [3.05, 3.63) is 64.2 Å². The summed E-state index contributed by atoms with van der Waals surface area (Å²) in [5.74, 6) is -0.466. The normalized spacial score (nSPS) is 20.3. The van der Waals surface area contributed by atoms with E-state index in [1.165, 1.54) is 23.5 Å². The average Bonchev–Trinajstić information content (AvgIpc) is 3.91. The van der Waals surface area contributed by atoms with E-state index in [-0.39, 0.29) is 28.9 Å². The topological polar surface area (TPSA) is 85.6 Å². The summed E-state index contributed by atoms with van der Waals surface area (Å²) in [5.41, 5.74) is 5.36. The number of benzene rings is 2. The number of piperidine rings is 1. The molecule has 4 aliphatic rings. The van der Waals surface area contributed by atoms with E-state index in [2.05, 4.69) is 17.0 Å². The molecule has 3 fully saturated rings. The lowest BCUT2D eigenvalue weighted by Crippen LogP contribution is -2.46. The third-order valence-electron chi connectivity index (χ3n) is 10.7. The molecule has 1 spiro atoms. The fourth-order valence-electron chi connectivity index (χ4n) is 8.03. The van der Waals surface area contributed by atoms with E-state index in [9.17, 15) is 14.4 Å². The molecule has 0 radical (unpaired) electrons. The van der Waals surface area contributed by atoms with Gasteiger partial charge in [0.25, 0.3) is 0 Å². The number of carbonyl (C=O) groups excluding carboxylic acids is 1. The molecule has 2 aromatic carbocycles. The van der Waals surface area contributed by atoms with Crippen molar-refractivity contribution in [1.29, 1.82) is 5.26 Å². The Bertz CT molecular complexity index is 1910. The Morgan fingerprint density at radius 3 is 2.64 bits per heavy atom. The summed E-state index contributed by atoms with van der Waals surface area (Å²) in [6.07, 6.45) is 6.29. The van der Waals surface area contributed by atoms with Crippen molar-refractivity contribution in [2.75, 3.05) is 56.2 Å². The number of aryl methyl sites for hydroxylation is 1. The first kappa shape index (κ1) is 30.2. The first-order valence-corrected chi connectivity index (χ1v) is 17.3. The standard InChI is InChI=1S/C36H36F2N6O2S/c1-42(35-41-31(30(19-39)47-35)22-5-7-24(37)8-6-22)33-26-3-2-4-29(26)40-32-27(33)17-25(18-28(32)38)44-15-12-36(21-44)10-13-43(14-11-36)34(45)23-9-16-46-20-23/h5-8,17-18,23H,2-4,9-16,20-21H2,1H3/t23-/m1/s1. The van der Waals surface area contributed by atoms with Crippen molar-refractivity contribution >= 4 is 44.7 Å². The van der Waals surface area contributed by atoms with Gasteiger partial charge in [0, 0.05) is 62.2 Å². The molecule has 0 N–H and O–H groups in total. The zero-order valence-electron chi connectivity index (χ0n) is 26.4. The van der Waals surface area contributed by atoms with Crippen LogP contribution < -0.4 is 9.80 Å². The number of anilines is 3. The SMILES string of the molecule is CN(c1nc(-c2ccc(F)cc2)c(C#N)s1)c1c2c(nc3c(F)cc(N4CCC5(CCN(C(=O)[C@@H]6CCOC6)CC5)C4)cc13)CCC2. The van der Waals surface area contributed by atoms with Gasteiger partial charge >= 0.3 is 0 Å². The second-order valence-corrected chi connectivity index (χ2v) is 14.4. The first-order valence-electron chi connectivity index (χ1n) is 16.5. The molecule has 47 heavy (non-hydrogen) atoms. The molecule has 0 unspecified atom stereocenters. The smallest absolute Gasteiger partial charge is 0.228 e. The number of pyridine rings is 1. The molecule has 8 nitrogen and oxygen atoms in total. The Morgan fingerprint density at radius 1 is 1.11 bits per heavy atom. The molecule has 1 amide bonds. The number of ether oxygens (including phenoxy) is 1. The van der Waals surface area contributed by atoms with Crippen LogP contribution in [0.3, 0.4) is 0 Å². The van der Waals surface area contributed by atoms with Gasteiger partial charge in [-0.05, 0) is 92.3 Å². The van der Waals surface area contributed by atoms with E-state index in [4.69, 9.17) is 14.7 Å². The minimum Gasteiger partial charge on any atom is -0.381 e. The van der Waals surface area contributed by atoms with Gasteiger partial charge in [0.15, 0.2) is 10.9 Å². The lowest BCUT2D eigenvalue weighted by Gasteiger charge is -2.40. The number of amides is 1. The predicted molar refractivity (Wildman–Crippen MR) is 178 cm³/mol. The molecule has 5 heterocycles. The minimum atomic E-state index is -0.351. The molecule has 4 aromatic rings. The summed E-state index contributed by atoms with van der Waals surface area (Å²) in [7, 11) is 1.92. The van der Waals surface area contributed by atoms with Crippen LogP contribution >= 0.6 is 11.3 Å². The molecule has 0 bridgehead atoms. The lowest BCUT2D eigenvalue weighted by atomic mass is 9.77. The highest BCUT2D eigenvalue weighted by Crippen LogP contribution is 2.46. The van der Waals surface area contributed by atoms with Crippen molar-refractivity contribution in [1.82, 2.24) is 14.9 Å². The van der Waals surface area contributed by atoms with E-state index >= 15 is 4.39 Å². The van der Waals surface area contributed by atoms with Crippen LogP contribution in [0, 0.1) is 34.3 Å². The summed E-state index contributed by atoms with van der Waals surface area (Å²) < 4.78 is 35.2. The zero-order chi connectivity index (χ0) is 32.3. The number of nitrogens with zero attached hydrogens (tertiary/aromatic N) is 6. The van der Waals surface area contributed by atoms with Gasteiger partial charge in [-0.2, -0.15) is 5.26 Å². The fourth-order valence-corrected chi connectivity index (χ4v) is 8.88. The van der Waals surface area contributed by atoms with Gasteiger partial charge in [-0.1, -0.05) is 11.3 Å². The maximum atomic E-state index is 16.1. The highest BCUT2D eigenvalue weighted by Gasteiger charge is 2.43. The monoisotopic (exact) mass is 654 g/mol. The number of nitriles is 1. The summed E-state index contributed by atoms with van der Waals surface area (Å²) in [5, 5.41) is 11.3. The van der Waals surface area contributed by atoms with Crippen LogP contribution in [0.15, 0.2) is 36.4 Å². The highest BCUT2D eigenvalue weighted by molar-refractivity contribution is 7.16. The maximum Gasteiger partial charge on any atom is 0.228 e. The largest absolute Gasteiger partial charge is 0.381 e. The van der Waals surface area contributed by atoms with Crippen LogP contribution in [0.1, 0.15) is 48.2 Å². The van der Waals surface area contributed by atoms with E-state index < -0.39 is 0 Å². The Morgan fingerprint density at radius 2 is 1.89 bits per heavy atom. The van der Waals surface area contributed by atoms with Crippen molar-refractivity contribution in [2.24, 2.45) is 11.3 Å². The van der Waals surface area contributed by atoms with Gasteiger partial charge in [-0.3, -0.25) is 4.79 Å². The molecular formula is C36H36F2N6O2S. The number of carbonyl (C=O) groups is 1. The van der Waals surface area contributed by atoms with Crippen molar-refractivity contribution in [3.8, 4) is 17.3 Å². The Kier molecular flexibility index (Phi) is 7.60. The van der Waals surface area contributed by atoms with Crippen LogP contribution in [0.25, 0.3) is 22.2 Å². The van der Waals surface area contributed by atoms with Gasteiger partial charge < -0.3 is 19.4 Å². The van der Waals surface area contributed by atoms with Crippen molar-refractivity contribution in [3.63, 3.8) is 0 Å². The number of rotatable bonds is 5. The summed E-state index contributed by atoms with van der Waals surface area (Å²) >= 11 is 1.27. The summed E-state index contributed by atoms with van der Waals surface area (Å²) in [6.45, 7) is 4.39. The Hall–Kier alpha value is -4.14. The van der Waals surface area contributed by atoms with Crippen molar-refractivity contribution in [2.45, 2.75) is 44.9 Å². The number of hydrogen-bond acceptors (Lipinski definition) is 8. The van der Waals surface area contributed by atoms with Gasteiger partial charge in [-0.15, -0.1) is 0 Å². The second-order valence-electron chi connectivity index (χ2n) is 13.5. The molecule has 1 atom stereocenters. The number of hydrogen-bond donors (Lipinski definition) is 0. The van der Waals surface area contributed by atoms with Crippen LogP contribution in [-0.4, -0.2) is 67.2 Å². The summed E-state index contributed by atoms with van der Waals surface area (Å²) in [6, 6.07) is 12.0. The number of aromatic nitrogens is 2. The lowest BCUT2D eigenvalue weighted by molar-refractivity contribution is -0.137. The average molecular weight is 655 g/mol. The molecule has 242 valence electrons. The number of thiazole rings is 1. The molecular weight excluding hydrogens is 618 g/mol. The van der Waals surface area contributed by atoms with Crippen LogP contribution in [0.2, 0.25) is 0 Å². The number of likely N-dealkylation sites (tertiary alicyclic amines) is 1. The zero-order valence-corrected chi connectivity index (χ0v) is 27.2. The van der Waals surface area contributed by atoms with E-state index in [1.54, 1.807) is 18.2 Å². The third-order valence-corrected chi connectivity index (χ3v) is 11.7. The van der Waals surface area contributed by atoms with Crippen LogP contribution in [0.4, 0.5) is 25.3 Å². The third kappa shape index (κ3) is 5.32. The molecule has 1 aliphatic carbocycles. The first-order chi connectivity index (χ1) is 22.8. The van der Waals surface area contributed by atoms with Gasteiger partial charge in [0.1, 0.15) is 28.0 Å². The highest BCUT2D eigenvalue weighted by atomic mass is 32.1. The molecule has 8 rings (SSSR count). The van der Waals surface area contributed by atoms with E-state index in [0.29, 0.717) is 40.0 Å². The molecule has 0 saturated carbocycles. The molecule has 11 heteroatoms. The Labute approximate surface area is 276 Å². The molecule has 3 aliphatic heterocycles. The minimum absolute atomic E-state index is 0.00236. The van der Waals surface area contributed by atoms with Gasteiger partial charge in [0.2, 0.25) is 5.91 Å². The van der Waals surface area contributed by atoms with Crippen LogP contribution in [0.5, 0.6) is 0 Å². The number of halogens is 2. The molecule has 3 saturated heterocycles. The maximum absolute atomic E-state index is 16.1. The molecule has 2 aromatic heterocycles. The van der Waals surface area contributed by atoms with Crippen molar-refractivity contribution < 1.29 is 18.3 Å². The number of fused-ring (bicyclic) bond motifs is 2. The van der Waals surface area contributed by atoms with E-state index in [0.717, 1.165) is 99.1 Å². The van der Waals surface area contributed by atoms with Crippen LogP contribution in [-0.2, 0) is 22.4 Å². The van der Waals surface area contributed by atoms with E-state index in [1.807, 2.05) is 16.8 Å². The second kappa shape index (κ2) is 11.8. The fraction of sp³-hybridized carbons (Fsp3) is 0.444.